The molecule has 0 bridgehead atoms. The van der Waals surface area contributed by atoms with E-state index >= 15 is 0 Å². The Labute approximate surface area is 121 Å². The summed E-state index contributed by atoms with van der Waals surface area (Å²) in [6.07, 6.45) is 1.16. The van der Waals surface area contributed by atoms with Crippen molar-refractivity contribution in [2.24, 2.45) is 5.41 Å². The van der Waals surface area contributed by atoms with Gasteiger partial charge in [-0.05, 0) is 31.0 Å². The predicted octanol–water partition coefficient (Wildman–Crippen LogP) is 3.06. The molecule has 0 aliphatic carbocycles. The number of hydrogen-bond donors (Lipinski definition) is 2. The van der Waals surface area contributed by atoms with Crippen LogP contribution in [0.5, 0.6) is 0 Å². The molecule has 0 fully saturated rings. The largest absolute Gasteiger partial charge is 0.396 e. The van der Waals surface area contributed by atoms with E-state index in [4.69, 9.17) is 10.4 Å². The highest BCUT2D eigenvalue weighted by atomic mass is 79.9. The van der Waals surface area contributed by atoms with Crippen molar-refractivity contribution < 1.29 is 9.90 Å². The van der Waals surface area contributed by atoms with Gasteiger partial charge in [0.05, 0.1) is 11.3 Å². The maximum absolute atomic E-state index is 12.2. The highest BCUT2D eigenvalue weighted by Gasteiger charge is 2.27. The molecule has 102 valence electrons. The maximum atomic E-state index is 12.2. The van der Waals surface area contributed by atoms with Crippen molar-refractivity contribution in [2.45, 2.75) is 26.7 Å². The molecular weight excluding hydrogens is 308 g/mol. The van der Waals surface area contributed by atoms with E-state index in [2.05, 4.69) is 21.2 Å². The number of rotatable bonds is 5. The molecule has 0 radical (unpaired) electrons. The van der Waals surface area contributed by atoms with E-state index in [1.165, 1.54) is 0 Å². The van der Waals surface area contributed by atoms with Gasteiger partial charge in [0, 0.05) is 16.5 Å². The third-order valence-corrected chi connectivity index (χ3v) is 3.42. The number of aliphatic hydroxyl groups is 1. The minimum Gasteiger partial charge on any atom is -0.396 e. The summed E-state index contributed by atoms with van der Waals surface area (Å²) in [6.45, 7) is 3.71. The lowest BCUT2D eigenvalue weighted by Gasteiger charge is -2.23. The minimum atomic E-state index is -0.586. The van der Waals surface area contributed by atoms with Crippen LogP contribution in [0.25, 0.3) is 0 Å². The molecule has 0 aromatic heterocycles. The summed E-state index contributed by atoms with van der Waals surface area (Å²) in [5.74, 6) is -0.157. The molecular formula is C14H17BrN2O2. The van der Waals surface area contributed by atoms with Crippen molar-refractivity contribution in [1.29, 1.82) is 5.26 Å². The number of carbonyl (C=O) groups is 1. The van der Waals surface area contributed by atoms with E-state index in [-0.39, 0.29) is 12.5 Å². The molecule has 2 N–H and O–H groups in total. The number of nitriles is 1. The number of carbonyl (C=O) groups excluding carboxylic acids is 1. The Morgan fingerprint density at radius 2 is 2.21 bits per heavy atom. The summed E-state index contributed by atoms with van der Waals surface area (Å²) >= 11 is 3.31. The molecule has 1 aromatic rings. The summed E-state index contributed by atoms with van der Waals surface area (Å²) < 4.78 is 0.801. The van der Waals surface area contributed by atoms with Gasteiger partial charge >= 0.3 is 0 Å². The summed E-state index contributed by atoms with van der Waals surface area (Å²) in [5, 5.41) is 20.6. The van der Waals surface area contributed by atoms with Crippen LogP contribution >= 0.6 is 15.9 Å². The van der Waals surface area contributed by atoms with Gasteiger partial charge in [-0.3, -0.25) is 4.79 Å². The zero-order valence-electron chi connectivity index (χ0n) is 11.0. The van der Waals surface area contributed by atoms with Crippen LogP contribution in [-0.2, 0) is 4.79 Å². The number of aliphatic hydroxyl groups excluding tert-OH is 1. The first-order chi connectivity index (χ1) is 8.90. The Morgan fingerprint density at radius 3 is 2.79 bits per heavy atom. The molecule has 19 heavy (non-hydrogen) atoms. The molecule has 1 rings (SSSR count). The van der Waals surface area contributed by atoms with Crippen LogP contribution in [0.3, 0.4) is 0 Å². The second-order valence-corrected chi connectivity index (χ2v) is 5.88. The molecule has 0 aliphatic rings. The standard InChI is InChI=1S/C14H17BrN2O2/c1-14(2,6-3-7-18)13(19)17-12-8-11(15)5-4-10(12)9-16/h4-5,8,18H,3,6-7H2,1-2H3,(H,17,19). The lowest BCUT2D eigenvalue weighted by Crippen LogP contribution is -2.31. The molecule has 0 atom stereocenters. The van der Waals surface area contributed by atoms with Gasteiger partial charge in [0.25, 0.3) is 0 Å². The Morgan fingerprint density at radius 1 is 1.53 bits per heavy atom. The second-order valence-electron chi connectivity index (χ2n) is 4.97. The van der Waals surface area contributed by atoms with E-state index in [0.29, 0.717) is 24.1 Å². The van der Waals surface area contributed by atoms with E-state index in [1.807, 2.05) is 19.9 Å². The van der Waals surface area contributed by atoms with Crippen molar-refractivity contribution >= 4 is 27.5 Å². The molecule has 0 spiro atoms. The zero-order valence-corrected chi connectivity index (χ0v) is 12.6. The van der Waals surface area contributed by atoms with Gasteiger partial charge in [0.2, 0.25) is 5.91 Å². The fourth-order valence-electron chi connectivity index (χ4n) is 1.64. The number of hydrogen-bond acceptors (Lipinski definition) is 3. The van der Waals surface area contributed by atoms with Crippen LogP contribution in [-0.4, -0.2) is 17.6 Å². The first-order valence-electron chi connectivity index (χ1n) is 6.02. The molecule has 0 unspecified atom stereocenters. The van der Waals surface area contributed by atoms with E-state index in [0.717, 1.165) is 4.47 Å². The van der Waals surface area contributed by atoms with Gasteiger partial charge in [0.15, 0.2) is 0 Å². The molecule has 0 saturated carbocycles. The quantitative estimate of drug-likeness (QED) is 0.874. The smallest absolute Gasteiger partial charge is 0.230 e. The van der Waals surface area contributed by atoms with E-state index < -0.39 is 5.41 Å². The van der Waals surface area contributed by atoms with Crippen molar-refractivity contribution in [3.63, 3.8) is 0 Å². The number of nitrogens with zero attached hydrogens (tertiary/aromatic N) is 1. The number of anilines is 1. The average Bonchev–Trinajstić information content (AvgIpc) is 2.36. The van der Waals surface area contributed by atoms with Crippen LogP contribution in [0.4, 0.5) is 5.69 Å². The topological polar surface area (TPSA) is 73.1 Å². The number of halogens is 1. The van der Waals surface area contributed by atoms with Crippen LogP contribution in [0.1, 0.15) is 32.3 Å². The Hall–Kier alpha value is -1.38. The average molecular weight is 325 g/mol. The lowest BCUT2D eigenvalue weighted by atomic mass is 9.86. The third kappa shape index (κ3) is 4.34. The number of amides is 1. The van der Waals surface area contributed by atoms with Crippen molar-refractivity contribution in [3.8, 4) is 6.07 Å². The van der Waals surface area contributed by atoms with Crippen LogP contribution < -0.4 is 5.32 Å². The highest BCUT2D eigenvalue weighted by Crippen LogP contribution is 2.27. The molecule has 1 amide bonds. The number of benzene rings is 1. The Bertz CT molecular complexity index is 507. The second kappa shape index (κ2) is 6.69. The van der Waals surface area contributed by atoms with Crippen LogP contribution in [0.2, 0.25) is 0 Å². The highest BCUT2D eigenvalue weighted by molar-refractivity contribution is 9.10. The molecule has 0 heterocycles. The van der Waals surface area contributed by atoms with Crippen molar-refractivity contribution in [3.05, 3.63) is 28.2 Å². The molecule has 0 aliphatic heterocycles. The fraction of sp³-hybridized carbons (Fsp3) is 0.429. The normalized spacial score (nSPS) is 10.9. The Kier molecular flexibility index (Phi) is 5.52. The van der Waals surface area contributed by atoms with Gasteiger partial charge in [-0.1, -0.05) is 29.8 Å². The predicted molar refractivity (Wildman–Crippen MR) is 77.6 cm³/mol. The first kappa shape index (κ1) is 15.7. The van der Waals surface area contributed by atoms with Gasteiger partial charge in [0.1, 0.15) is 6.07 Å². The van der Waals surface area contributed by atoms with Crippen molar-refractivity contribution in [2.75, 3.05) is 11.9 Å². The lowest BCUT2D eigenvalue weighted by molar-refractivity contribution is -0.124. The third-order valence-electron chi connectivity index (χ3n) is 2.92. The van der Waals surface area contributed by atoms with Crippen LogP contribution in [0.15, 0.2) is 22.7 Å². The molecule has 1 aromatic carbocycles. The van der Waals surface area contributed by atoms with Gasteiger partial charge in [-0.2, -0.15) is 5.26 Å². The van der Waals surface area contributed by atoms with Gasteiger partial charge in [-0.15, -0.1) is 0 Å². The summed E-state index contributed by atoms with van der Waals surface area (Å²) in [6, 6.07) is 7.16. The number of nitrogens with one attached hydrogen (secondary N) is 1. The fourth-order valence-corrected chi connectivity index (χ4v) is 2.00. The SMILES string of the molecule is CC(C)(CCCO)C(=O)Nc1cc(Br)ccc1C#N. The summed E-state index contributed by atoms with van der Waals surface area (Å²) in [7, 11) is 0. The monoisotopic (exact) mass is 324 g/mol. The summed E-state index contributed by atoms with van der Waals surface area (Å²) in [4.78, 5) is 12.2. The molecule has 0 saturated heterocycles. The van der Waals surface area contributed by atoms with Gasteiger partial charge < -0.3 is 10.4 Å². The molecule has 4 nitrogen and oxygen atoms in total. The van der Waals surface area contributed by atoms with E-state index in [9.17, 15) is 4.79 Å². The van der Waals surface area contributed by atoms with Crippen LogP contribution in [0, 0.1) is 16.7 Å². The maximum Gasteiger partial charge on any atom is 0.230 e. The summed E-state index contributed by atoms with van der Waals surface area (Å²) in [5.41, 5.74) is 0.339. The Balaban J connectivity index is 2.88. The van der Waals surface area contributed by atoms with Gasteiger partial charge in [-0.25, -0.2) is 0 Å². The molecule has 5 heteroatoms. The first-order valence-corrected chi connectivity index (χ1v) is 6.82. The van der Waals surface area contributed by atoms with E-state index in [1.54, 1.807) is 18.2 Å². The zero-order chi connectivity index (χ0) is 14.5. The van der Waals surface area contributed by atoms with Crippen molar-refractivity contribution in [1.82, 2.24) is 0 Å². The minimum absolute atomic E-state index is 0.0665.